The summed E-state index contributed by atoms with van der Waals surface area (Å²) < 4.78 is 81.4. The summed E-state index contributed by atoms with van der Waals surface area (Å²) >= 11 is 0. The Morgan fingerprint density at radius 1 is 0.538 bits per heavy atom. The van der Waals surface area contributed by atoms with Gasteiger partial charge in [-0.3, -0.25) is 9.97 Å². The zero-order valence-corrected chi connectivity index (χ0v) is 20.0. The van der Waals surface area contributed by atoms with E-state index in [0.29, 0.717) is 39.0 Å². The molecule has 2 bridgehead atoms. The van der Waals surface area contributed by atoms with E-state index in [0.717, 1.165) is 57.6 Å². The molecule has 0 aliphatic heterocycles. The van der Waals surface area contributed by atoms with E-state index < -0.39 is 23.5 Å². The molecule has 0 radical (unpaired) electrons. The number of pyridine rings is 2. The number of aromatic nitrogens is 2. The van der Waals surface area contributed by atoms with Gasteiger partial charge < -0.3 is 0 Å². The molecule has 2 aromatic heterocycles. The Bertz CT molecular complexity index is 1890. The molecule has 2 aliphatic carbocycles. The summed E-state index contributed by atoms with van der Waals surface area (Å²) in [5.74, 6) is -0.333. The van der Waals surface area contributed by atoms with Crippen molar-refractivity contribution in [2.24, 2.45) is 0 Å². The molecule has 6 aromatic rings. The highest BCUT2D eigenvalue weighted by atomic mass is 19.4. The molecule has 192 valence electrons. The fourth-order valence-electron chi connectivity index (χ4n) is 6.68. The molecule has 0 spiro atoms. The van der Waals surface area contributed by atoms with Crippen LogP contribution in [0.1, 0.15) is 51.9 Å². The fraction of sp³-hybridized carbons (Fsp3) is 0.161. The van der Waals surface area contributed by atoms with Gasteiger partial charge in [-0.15, -0.1) is 0 Å². The maximum atomic E-state index is 13.6. The number of hydrogen-bond donors (Lipinski definition) is 0. The third-order valence-corrected chi connectivity index (χ3v) is 8.30. The second-order valence-corrected chi connectivity index (χ2v) is 10.3. The number of fused-ring (bicyclic) bond motifs is 10. The molecule has 4 aromatic carbocycles. The van der Waals surface area contributed by atoms with Crippen LogP contribution in [0.5, 0.6) is 0 Å². The van der Waals surface area contributed by atoms with E-state index in [-0.39, 0.29) is 11.8 Å². The summed E-state index contributed by atoms with van der Waals surface area (Å²) in [5, 5.41) is 3.97. The van der Waals surface area contributed by atoms with Crippen LogP contribution in [0.4, 0.5) is 26.3 Å². The highest BCUT2D eigenvalue weighted by Gasteiger charge is 2.40. The zero-order valence-electron chi connectivity index (χ0n) is 20.0. The first-order valence-electron chi connectivity index (χ1n) is 12.5. The zero-order chi connectivity index (χ0) is 26.8. The van der Waals surface area contributed by atoms with E-state index in [1.165, 1.54) is 12.1 Å². The standard InChI is InChI=1S/C31H16F6N2/c32-30(33,34)14-7-9-24-20(11-14)16-3-1-5-18-22-13-23(29(38-24)26(16)18)19-6-2-4-17-21-12-15(31(35,36)37)8-10-25(21)39-28(22)27(17)19/h1-12,22-23H,13H2/t22-,23-/m0/s1. The Labute approximate surface area is 216 Å². The van der Waals surface area contributed by atoms with Gasteiger partial charge in [0.25, 0.3) is 0 Å². The third kappa shape index (κ3) is 3.05. The number of rotatable bonds is 0. The number of benzene rings is 4. The second kappa shape index (κ2) is 7.25. The Balaban J connectivity index is 1.46. The number of nitrogens with zero attached hydrogens (tertiary/aromatic N) is 2. The molecule has 0 saturated heterocycles. The van der Waals surface area contributed by atoms with Crippen LogP contribution in [-0.2, 0) is 12.4 Å². The molecule has 0 N–H and O–H groups in total. The molecule has 0 unspecified atom stereocenters. The molecule has 39 heavy (non-hydrogen) atoms. The monoisotopic (exact) mass is 530 g/mol. The molecule has 2 nitrogen and oxygen atoms in total. The lowest BCUT2D eigenvalue weighted by molar-refractivity contribution is -0.138. The Morgan fingerprint density at radius 3 is 1.38 bits per heavy atom. The van der Waals surface area contributed by atoms with E-state index in [9.17, 15) is 26.3 Å². The van der Waals surface area contributed by atoms with Gasteiger partial charge in [-0.05, 0) is 64.7 Å². The first kappa shape index (κ1) is 22.8. The number of alkyl halides is 6. The topological polar surface area (TPSA) is 25.8 Å². The lowest BCUT2D eigenvalue weighted by Gasteiger charge is -2.37. The van der Waals surface area contributed by atoms with E-state index in [4.69, 9.17) is 9.97 Å². The quantitative estimate of drug-likeness (QED) is 0.145. The van der Waals surface area contributed by atoms with Crippen molar-refractivity contribution >= 4 is 43.4 Å². The molecule has 2 atom stereocenters. The van der Waals surface area contributed by atoms with Gasteiger partial charge in [0.05, 0.1) is 33.5 Å². The smallest absolute Gasteiger partial charge is 0.252 e. The molecular weight excluding hydrogens is 514 g/mol. The van der Waals surface area contributed by atoms with Gasteiger partial charge in [0.2, 0.25) is 0 Å². The predicted molar refractivity (Wildman–Crippen MR) is 137 cm³/mol. The van der Waals surface area contributed by atoms with E-state index >= 15 is 0 Å². The lowest BCUT2D eigenvalue weighted by Crippen LogP contribution is -2.23. The van der Waals surface area contributed by atoms with Crippen molar-refractivity contribution in [3.8, 4) is 0 Å². The SMILES string of the molecule is FC(F)(F)c1ccc2nc3c4c(cccc4c2c1)[C@@H]1C[C@H]3c2cccc3c2c1nc1ccc(C(F)(F)F)cc13. The first-order chi connectivity index (χ1) is 18.6. The summed E-state index contributed by atoms with van der Waals surface area (Å²) in [7, 11) is 0. The maximum Gasteiger partial charge on any atom is 0.416 e. The molecule has 0 saturated carbocycles. The summed E-state index contributed by atoms with van der Waals surface area (Å²) in [6, 6.07) is 18.5. The van der Waals surface area contributed by atoms with Gasteiger partial charge >= 0.3 is 12.4 Å². The first-order valence-corrected chi connectivity index (χ1v) is 12.5. The van der Waals surface area contributed by atoms with E-state index in [1.54, 1.807) is 0 Å². The normalized spacial score (nSPS) is 18.4. The average Bonchev–Trinajstić information content (AvgIpc) is 2.91. The Hall–Kier alpha value is -4.20. The van der Waals surface area contributed by atoms with Gasteiger partial charge in [-0.2, -0.15) is 26.3 Å². The number of halogens is 6. The number of hydrogen-bond acceptors (Lipinski definition) is 2. The molecule has 0 fully saturated rings. The third-order valence-electron chi connectivity index (χ3n) is 8.30. The van der Waals surface area contributed by atoms with Crippen molar-refractivity contribution in [2.75, 3.05) is 0 Å². The summed E-state index contributed by atoms with van der Waals surface area (Å²) in [6.45, 7) is 0. The molecule has 8 heteroatoms. The van der Waals surface area contributed by atoms with Crippen LogP contribution in [0.25, 0.3) is 43.4 Å². The highest BCUT2D eigenvalue weighted by molar-refractivity contribution is 6.12. The van der Waals surface area contributed by atoms with Gasteiger partial charge in [0, 0.05) is 33.4 Å². The summed E-state index contributed by atoms with van der Waals surface area (Å²) in [6.07, 6.45) is -8.28. The van der Waals surface area contributed by atoms with Crippen molar-refractivity contribution in [3.63, 3.8) is 0 Å². The Morgan fingerprint density at radius 2 is 0.974 bits per heavy atom. The molecule has 2 heterocycles. The minimum absolute atomic E-state index is 0.166. The van der Waals surface area contributed by atoms with Gasteiger partial charge in [-0.25, -0.2) is 0 Å². The Kier molecular flexibility index (Phi) is 4.23. The van der Waals surface area contributed by atoms with Gasteiger partial charge in [0.15, 0.2) is 0 Å². The highest BCUT2D eigenvalue weighted by Crippen LogP contribution is 2.55. The van der Waals surface area contributed by atoms with Crippen molar-refractivity contribution < 1.29 is 26.3 Å². The van der Waals surface area contributed by atoms with Crippen LogP contribution < -0.4 is 0 Å². The minimum atomic E-state index is -4.48. The van der Waals surface area contributed by atoms with Gasteiger partial charge in [-0.1, -0.05) is 36.4 Å². The van der Waals surface area contributed by atoms with Crippen molar-refractivity contribution in [1.29, 1.82) is 0 Å². The van der Waals surface area contributed by atoms with Crippen LogP contribution >= 0.6 is 0 Å². The van der Waals surface area contributed by atoms with Crippen LogP contribution in [0.3, 0.4) is 0 Å². The van der Waals surface area contributed by atoms with E-state index in [1.807, 2.05) is 36.4 Å². The van der Waals surface area contributed by atoms with E-state index in [2.05, 4.69) is 0 Å². The molecule has 2 aliphatic rings. The van der Waals surface area contributed by atoms with Crippen molar-refractivity contribution in [2.45, 2.75) is 30.6 Å². The van der Waals surface area contributed by atoms with Crippen LogP contribution in [0, 0.1) is 0 Å². The predicted octanol–water partition coefficient (Wildman–Crippen LogP) is 9.11. The largest absolute Gasteiger partial charge is 0.416 e. The fourth-order valence-corrected chi connectivity index (χ4v) is 6.68. The second-order valence-electron chi connectivity index (χ2n) is 10.3. The molecule has 8 rings (SSSR count). The summed E-state index contributed by atoms with van der Waals surface area (Å²) in [5.41, 5.74) is 2.93. The minimum Gasteiger partial charge on any atom is -0.252 e. The lowest BCUT2D eigenvalue weighted by atomic mass is 9.68. The van der Waals surface area contributed by atoms with Crippen LogP contribution in [0.2, 0.25) is 0 Å². The van der Waals surface area contributed by atoms with Crippen molar-refractivity contribution in [3.05, 3.63) is 106 Å². The molecular formula is C31H16F6N2. The maximum absolute atomic E-state index is 13.6. The summed E-state index contributed by atoms with van der Waals surface area (Å²) in [4.78, 5) is 9.82. The van der Waals surface area contributed by atoms with Crippen LogP contribution in [-0.4, -0.2) is 9.97 Å². The van der Waals surface area contributed by atoms with Gasteiger partial charge in [0.1, 0.15) is 0 Å². The van der Waals surface area contributed by atoms with Crippen LogP contribution in [0.15, 0.2) is 72.8 Å². The molecule has 0 amide bonds. The van der Waals surface area contributed by atoms with Crippen molar-refractivity contribution in [1.82, 2.24) is 9.97 Å². The average molecular weight is 530 g/mol.